The van der Waals surface area contributed by atoms with Crippen LogP contribution in [0.25, 0.3) is 21.9 Å². The number of azo groups is 1. The molecule has 3 N–H and O–H groups in total. The van der Waals surface area contributed by atoms with Crippen molar-refractivity contribution in [3.05, 3.63) is 78.6 Å². The molecule has 1 aromatic heterocycles. The van der Waals surface area contributed by atoms with Crippen LogP contribution in [0, 0.1) is 0 Å². The van der Waals surface area contributed by atoms with E-state index in [0.29, 0.717) is 16.5 Å². The number of aromatic nitrogens is 1. The second kappa shape index (κ2) is 9.48. The smallest absolute Gasteiger partial charge is 0.295 e. The standard InChI is InChI=1S/C25H24N4O3S/c1-2-3-6-17-9-11-18(12-10-17)19-13-20(16-27-15-19)28-29-23-14-24(33(30,31)32)21-7-4-5-8-22(21)25(23)26/h4-5,7-16H,2-3,6,26H2,1H3,(H,30,31,32)/b29-28+. The number of nitrogen functional groups attached to an aromatic ring is 1. The number of rotatable bonds is 7. The number of hydrogen-bond acceptors (Lipinski definition) is 6. The van der Waals surface area contributed by atoms with Crippen molar-refractivity contribution in [2.75, 3.05) is 5.73 Å². The Morgan fingerprint density at radius 3 is 2.36 bits per heavy atom. The highest BCUT2D eigenvalue weighted by Gasteiger charge is 2.18. The Morgan fingerprint density at radius 2 is 1.67 bits per heavy atom. The lowest BCUT2D eigenvalue weighted by Crippen LogP contribution is -2.01. The predicted octanol–water partition coefficient (Wildman–Crippen LogP) is 6.49. The van der Waals surface area contributed by atoms with Gasteiger partial charge in [0, 0.05) is 22.5 Å². The summed E-state index contributed by atoms with van der Waals surface area (Å²) < 4.78 is 33.5. The molecule has 4 aromatic rings. The highest BCUT2D eigenvalue weighted by atomic mass is 32.2. The molecule has 168 valence electrons. The molecule has 0 fully saturated rings. The van der Waals surface area contributed by atoms with Gasteiger partial charge in [-0.15, -0.1) is 10.2 Å². The maximum absolute atomic E-state index is 11.9. The Morgan fingerprint density at radius 1 is 0.939 bits per heavy atom. The van der Waals surface area contributed by atoms with E-state index in [1.54, 1.807) is 36.7 Å². The lowest BCUT2D eigenvalue weighted by Gasteiger charge is -2.09. The summed E-state index contributed by atoms with van der Waals surface area (Å²) in [6.45, 7) is 2.18. The van der Waals surface area contributed by atoms with Crippen LogP contribution in [0.1, 0.15) is 25.3 Å². The summed E-state index contributed by atoms with van der Waals surface area (Å²) in [6.07, 6.45) is 6.69. The molecular weight excluding hydrogens is 436 g/mol. The van der Waals surface area contributed by atoms with Crippen LogP contribution in [0.3, 0.4) is 0 Å². The normalized spacial score (nSPS) is 11.9. The van der Waals surface area contributed by atoms with Gasteiger partial charge in [-0.05, 0) is 36.1 Å². The van der Waals surface area contributed by atoms with Gasteiger partial charge in [0.05, 0.1) is 11.9 Å². The Balaban J connectivity index is 1.67. The zero-order valence-corrected chi connectivity index (χ0v) is 19.0. The first-order valence-corrected chi connectivity index (χ1v) is 12.1. The molecule has 0 spiro atoms. The molecule has 0 saturated carbocycles. The van der Waals surface area contributed by atoms with E-state index < -0.39 is 10.1 Å². The Labute approximate surface area is 192 Å². The number of nitrogens with two attached hydrogens (primary N) is 1. The number of hydrogen-bond donors (Lipinski definition) is 2. The number of fused-ring (bicyclic) bond motifs is 1. The van der Waals surface area contributed by atoms with Crippen molar-refractivity contribution in [3.63, 3.8) is 0 Å². The molecule has 0 aliphatic carbocycles. The second-order valence-electron chi connectivity index (χ2n) is 7.76. The van der Waals surface area contributed by atoms with E-state index in [0.717, 1.165) is 30.4 Å². The number of unbranched alkanes of at least 4 members (excludes halogenated alkanes) is 1. The first kappa shape index (κ1) is 22.6. The molecule has 0 atom stereocenters. The first-order chi connectivity index (χ1) is 15.9. The van der Waals surface area contributed by atoms with E-state index in [-0.39, 0.29) is 16.3 Å². The third-order valence-corrected chi connectivity index (χ3v) is 6.30. The summed E-state index contributed by atoms with van der Waals surface area (Å²) >= 11 is 0. The maximum atomic E-state index is 11.9. The number of aryl methyl sites for hydroxylation is 1. The van der Waals surface area contributed by atoms with Crippen LogP contribution < -0.4 is 5.73 Å². The zero-order valence-electron chi connectivity index (χ0n) is 18.1. The molecule has 8 heteroatoms. The number of pyridine rings is 1. The van der Waals surface area contributed by atoms with Gasteiger partial charge in [-0.1, -0.05) is 61.9 Å². The maximum Gasteiger partial charge on any atom is 0.295 e. The zero-order chi connectivity index (χ0) is 23.4. The molecule has 1 heterocycles. The quantitative estimate of drug-likeness (QED) is 0.186. The van der Waals surface area contributed by atoms with E-state index in [9.17, 15) is 13.0 Å². The Bertz CT molecular complexity index is 1430. The molecule has 0 bridgehead atoms. The third-order valence-electron chi connectivity index (χ3n) is 5.41. The fourth-order valence-electron chi connectivity index (χ4n) is 3.64. The van der Waals surface area contributed by atoms with Crippen LogP contribution >= 0.6 is 0 Å². The van der Waals surface area contributed by atoms with Crippen LogP contribution in [-0.2, 0) is 16.5 Å². The van der Waals surface area contributed by atoms with Crippen LogP contribution in [-0.4, -0.2) is 18.0 Å². The minimum absolute atomic E-state index is 0.145. The van der Waals surface area contributed by atoms with E-state index in [1.165, 1.54) is 11.6 Å². The summed E-state index contributed by atoms with van der Waals surface area (Å²) in [4.78, 5) is 3.99. The third kappa shape index (κ3) is 5.08. The minimum atomic E-state index is -4.47. The number of nitrogens with zero attached hydrogens (tertiary/aromatic N) is 3. The number of benzene rings is 3. The molecule has 3 aromatic carbocycles. The summed E-state index contributed by atoms with van der Waals surface area (Å²) in [6, 6.07) is 18.1. The van der Waals surface area contributed by atoms with Gasteiger partial charge < -0.3 is 5.73 Å². The molecule has 0 aliphatic rings. The lowest BCUT2D eigenvalue weighted by atomic mass is 10.0. The SMILES string of the molecule is CCCCc1ccc(-c2cncc(/N=N/c3cc(S(=O)(=O)O)c4ccccc4c3N)c2)cc1. The molecule has 33 heavy (non-hydrogen) atoms. The lowest BCUT2D eigenvalue weighted by molar-refractivity contribution is 0.484. The monoisotopic (exact) mass is 460 g/mol. The van der Waals surface area contributed by atoms with Crippen LogP contribution in [0.2, 0.25) is 0 Å². The van der Waals surface area contributed by atoms with Gasteiger partial charge in [-0.2, -0.15) is 8.42 Å². The van der Waals surface area contributed by atoms with E-state index in [2.05, 4.69) is 46.4 Å². The predicted molar refractivity (Wildman–Crippen MR) is 131 cm³/mol. The molecule has 0 aliphatic heterocycles. The first-order valence-electron chi connectivity index (χ1n) is 10.6. The summed E-state index contributed by atoms with van der Waals surface area (Å²) in [7, 11) is -4.47. The van der Waals surface area contributed by atoms with Crippen molar-refractivity contribution in [2.24, 2.45) is 10.2 Å². The fraction of sp³-hybridized carbons (Fsp3) is 0.160. The van der Waals surface area contributed by atoms with Gasteiger partial charge in [-0.25, -0.2) is 0 Å². The fourth-order valence-corrected chi connectivity index (χ4v) is 4.36. The summed E-state index contributed by atoms with van der Waals surface area (Å²) in [5.74, 6) is 0. The molecule has 7 nitrogen and oxygen atoms in total. The Hall–Kier alpha value is -3.62. The van der Waals surface area contributed by atoms with Gasteiger partial charge in [0.25, 0.3) is 10.1 Å². The van der Waals surface area contributed by atoms with E-state index >= 15 is 0 Å². The topological polar surface area (TPSA) is 118 Å². The van der Waals surface area contributed by atoms with Crippen LogP contribution in [0.15, 0.2) is 88.2 Å². The highest BCUT2D eigenvalue weighted by Crippen LogP contribution is 2.37. The van der Waals surface area contributed by atoms with Gasteiger partial charge in [-0.3, -0.25) is 9.54 Å². The van der Waals surface area contributed by atoms with Crippen LogP contribution in [0.5, 0.6) is 0 Å². The average molecular weight is 461 g/mol. The largest absolute Gasteiger partial charge is 0.396 e. The van der Waals surface area contributed by atoms with Crippen molar-refractivity contribution in [3.8, 4) is 11.1 Å². The van der Waals surface area contributed by atoms with Gasteiger partial charge in [0.2, 0.25) is 0 Å². The second-order valence-corrected chi connectivity index (χ2v) is 9.15. The van der Waals surface area contributed by atoms with E-state index in [4.69, 9.17) is 5.73 Å². The average Bonchev–Trinajstić information content (AvgIpc) is 2.82. The summed E-state index contributed by atoms with van der Waals surface area (Å²) in [5, 5.41) is 9.18. The van der Waals surface area contributed by atoms with Crippen molar-refractivity contribution in [1.82, 2.24) is 4.98 Å². The molecule has 0 unspecified atom stereocenters. The van der Waals surface area contributed by atoms with Crippen molar-refractivity contribution < 1.29 is 13.0 Å². The van der Waals surface area contributed by atoms with Crippen molar-refractivity contribution in [2.45, 2.75) is 31.1 Å². The van der Waals surface area contributed by atoms with Crippen molar-refractivity contribution in [1.29, 1.82) is 0 Å². The van der Waals surface area contributed by atoms with E-state index in [1.807, 2.05) is 6.07 Å². The minimum Gasteiger partial charge on any atom is -0.396 e. The molecule has 0 amide bonds. The van der Waals surface area contributed by atoms with Gasteiger partial charge in [0.15, 0.2) is 0 Å². The number of anilines is 1. The molecule has 4 rings (SSSR count). The summed E-state index contributed by atoms with van der Waals surface area (Å²) in [5.41, 5.74) is 10.3. The van der Waals surface area contributed by atoms with Gasteiger partial charge >= 0.3 is 0 Å². The molecular formula is C25H24N4O3S. The van der Waals surface area contributed by atoms with Crippen molar-refractivity contribution >= 4 is 38.0 Å². The van der Waals surface area contributed by atoms with Gasteiger partial charge in [0.1, 0.15) is 16.3 Å². The highest BCUT2D eigenvalue weighted by molar-refractivity contribution is 7.86. The Kier molecular flexibility index (Phi) is 6.48. The van der Waals surface area contributed by atoms with Crippen LogP contribution in [0.4, 0.5) is 17.1 Å². The molecule has 0 saturated heterocycles. The molecule has 0 radical (unpaired) electrons.